The molecule has 0 saturated carbocycles. The molecule has 0 fully saturated rings. The quantitative estimate of drug-likeness (QED) is 0.439. The summed E-state index contributed by atoms with van der Waals surface area (Å²) in [7, 11) is 0. The molecule has 0 unspecified atom stereocenters. The van der Waals surface area contributed by atoms with Crippen LogP contribution in [0.3, 0.4) is 0 Å². The highest BCUT2D eigenvalue weighted by molar-refractivity contribution is 7.99. The second-order valence-corrected chi connectivity index (χ2v) is 8.44. The molecule has 2 atom stereocenters. The molecule has 1 heterocycles. The number of thioether (sulfide) groups is 1. The molecule has 0 aliphatic carbocycles. The number of fused-ring (bicyclic) bond motifs is 1. The molecular formula is C23H28N2O5S. The van der Waals surface area contributed by atoms with Gasteiger partial charge in [-0.3, -0.25) is 4.79 Å². The fourth-order valence-electron chi connectivity index (χ4n) is 3.30. The van der Waals surface area contributed by atoms with Crippen LogP contribution in [0.25, 0.3) is 0 Å². The molecule has 0 radical (unpaired) electrons. The van der Waals surface area contributed by atoms with Crippen molar-refractivity contribution < 1.29 is 24.2 Å². The lowest BCUT2D eigenvalue weighted by molar-refractivity contribution is -0.137. The largest absolute Gasteiger partial charge is 0.481 e. The van der Waals surface area contributed by atoms with Crippen molar-refractivity contribution in [1.82, 2.24) is 10.6 Å². The molecule has 0 spiro atoms. The summed E-state index contributed by atoms with van der Waals surface area (Å²) >= 11 is 1.69. The summed E-state index contributed by atoms with van der Waals surface area (Å²) in [5.41, 5.74) is 0.658. The second kappa shape index (κ2) is 11.5. The molecule has 3 rings (SSSR count). The van der Waals surface area contributed by atoms with Gasteiger partial charge in [0.15, 0.2) is 11.5 Å². The molecule has 166 valence electrons. The summed E-state index contributed by atoms with van der Waals surface area (Å²) in [6.45, 7) is 2.25. The maximum atomic E-state index is 12.7. The smallest absolute Gasteiger partial charge is 0.315 e. The molecule has 2 aromatic carbocycles. The van der Waals surface area contributed by atoms with E-state index in [4.69, 9.17) is 9.47 Å². The maximum Gasteiger partial charge on any atom is 0.315 e. The lowest BCUT2D eigenvalue weighted by Crippen LogP contribution is -2.45. The van der Waals surface area contributed by atoms with Crippen LogP contribution in [0.1, 0.15) is 44.2 Å². The first-order valence-electron chi connectivity index (χ1n) is 10.4. The molecule has 8 heteroatoms. The highest BCUT2D eigenvalue weighted by Gasteiger charge is 2.23. The number of carboxylic acids is 1. The molecule has 2 amide bonds. The number of carboxylic acid groups (broad SMARTS) is 1. The van der Waals surface area contributed by atoms with Gasteiger partial charge >= 0.3 is 12.0 Å². The minimum absolute atomic E-state index is 0.0209. The molecule has 3 N–H and O–H groups in total. The van der Waals surface area contributed by atoms with Crippen molar-refractivity contribution in [1.29, 1.82) is 0 Å². The zero-order valence-electron chi connectivity index (χ0n) is 17.5. The Balaban J connectivity index is 1.63. The lowest BCUT2D eigenvalue weighted by Gasteiger charge is -2.22. The standard InChI is InChI=1S/C23H28N2O5S/c1-2-3-7-17(14-31-18-8-5-4-6-9-18)24-23(28)25-19(13-22(26)27)16-10-11-20-21(12-16)30-15-29-20/h4-6,8-12,17,19H,2-3,7,13-15H2,1H3,(H,26,27)(H2,24,25,28)/t17-,19-/m0/s1. The molecule has 0 bridgehead atoms. The summed E-state index contributed by atoms with van der Waals surface area (Å²) in [6.07, 6.45) is 2.67. The van der Waals surface area contributed by atoms with E-state index in [9.17, 15) is 14.7 Å². The van der Waals surface area contributed by atoms with Crippen LogP contribution in [0.2, 0.25) is 0 Å². The first kappa shape index (κ1) is 22.8. The zero-order valence-corrected chi connectivity index (χ0v) is 18.3. The van der Waals surface area contributed by atoms with Crippen molar-refractivity contribution in [2.75, 3.05) is 12.5 Å². The number of unbranched alkanes of at least 4 members (excludes halogenated alkanes) is 1. The summed E-state index contributed by atoms with van der Waals surface area (Å²) in [5.74, 6) is 0.908. The van der Waals surface area contributed by atoms with E-state index in [1.807, 2.05) is 30.3 Å². The van der Waals surface area contributed by atoms with Crippen LogP contribution in [0.15, 0.2) is 53.4 Å². The Labute approximate surface area is 186 Å². The third-order valence-corrected chi connectivity index (χ3v) is 6.09. The number of benzene rings is 2. The van der Waals surface area contributed by atoms with Crippen molar-refractivity contribution in [2.45, 2.75) is 49.6 Å². The summed E-state index contributed by atoms with van der Waals surface area (Å²) < 4.78 is 10.7. The molecule has 31 heavy (non-hydrogen) atoms. The minimum atomic E-state index is -0.995. The normalized spacial score (nSPS) is 14.0. The Morgan fingerprint density at radius 1 is 1.10 bits per heavy atom. The zero-order chi connectivity index (χ0) is 22.1. The molecule has 0 aromatic heterocycles. The van der Waals surface area contributed by atoms with Gasteiger partial charge in [0.05, 0.1) is 12.5 Å². The van der Waals surface area contributed by atoms with E-state index in [1.54, 1.807) is 30.0 Å². The number of ether oxygens (including phenoxy) is 2. The fourth-order valence-corrected chi connectivity index (χ4v) is 4.30. The second-order valence-electron chi connectivity index (χ2n) is 7.34. The van der Waals surface area contributed by atoms with E-state index < -0.39 is 12.0 Å². The van der Waals surface area contributed by atoms with Crippen LogP contribution < -0.4 is 20.1 Å². The summed E-state index contributed by atoms with van der Waals surface area (Å²) in [4.78, 5) is 25.3. The SMILES string of the molecule is CCCC[C@@H](CSc1ccccc1)NC(=O)N[C@@H](CC(=O)O)c1ccc2c(c1)OCO2. The van der Waals surface area contributed by atoms with Crippen molar-refractivity contribution in [3.05, 3.63) is 54.1 Å². The molecular weight excluding hydrogens is 416 g/mol. The molecule has 1 aliphatic heterocycles. The lowest BCUT2D eigenvalue weighted by atomic mass is 10.0. The number of urea groups is 1. The van der Waals surface area contributed by atoms with E-state index in [1.165, 1.54) is 0 Å². The van der Waals surface area contributed by atoms with Crippen LogP contribution in [0.4, 0.5) is 4.79 Å². The van der Waals surface area contributed by atoms with E-state index in [2.05, 4.69) is 17.6 Å². The highest BCUT2D eigenvalue weighted by atomic mass is 32.2. The number of hydrogen-bond donors (Lipinski definition) is 3. The number of carbonyl (C=O) groups excluding carboxylic acids is 1. The first-order valence-corrected chi connectivity index (χ1v) is 11.4. The number of nitrogens with one attached hydrogen (secondary N) is 2. The van der Waals surface area contributed by atoms with Crippen LogP contribution in [-0.4, -0.2) is 35.7 Å². The van der Waals surface area contributed by atoms with E-state index in [0.717, 1.165) is 29.9 Å². The monoisotopic (exact) mass is 444 g/mol. The molecule has 1 aliphatic rings. The molecule has 2 aromatic rings. The Morgan fingerprint density at radius 3 is 2.61 bits per heavy atom. The predicted octanol–water partition coefficient (Wildman–Crippen LogP) is 4.58. The third-order valence-electron chi connectivity index (χ3n) is 4.92. The molecule has 0 saturated heterocycles. The van der Waals surface area contributed by atoms with Gasteiger partial charge in [-0.15, -0.1) is 11.8 Å². The number of rotatable bonds is 11. The van der Waals surface area contributed by atoms with Gasteiger partial charge in [0.2, 0.25) is 6.79 Å². The topological polar surface area (TPSA) is 96.9 Å². The van der Waals surface area contributed by atoms with Gasteiger partial charge < -0.3 is 25.2 Å². The predicted molar refractivity (Wildman–Crippen MR) is 120 cm³/mol. The van der Waals surface area contributed by atoms with Crippen LogP contribution in [0.5, 0.6) is 11.5 Å². The van der Waals surface area contributed by atoms with Gasteiger partial charge in [-0.1, -0.05) is 44.0 Å². The third kappa shape index (κ3) is 7.10. The van der Waals surface area contributed by atoms with Gasteiger partial charge in [-0.2, -0.15) is 0 Å². The number of amides is 2. The Bertz CT molecular complexity index is 878. The average Bonchev–Trinajstić information content (AvgIpc) is 3.23. The van der Waals surface area contributed by atoms with Crippen molar-refractivity contribution >= 4 is 23.8 Å². The average molecular weight is 445 g/mol. The number of carbonyl (C=O) groups is 2. The fraction of sp³-hybridized carbons (Fsp3) is 0.391. The summed E-state index contributed by atoms with van der Waals surface area (Å²) in [6, 6.07) is 14.2. The van der Waals surface area contributed by atoms with E-state index in [-0.39, 0.29) is 25.3 Å². The van der Waals surface area contributed by atoms with Crippen LogP contribution in [-0.2, 0) is 4.79 Å². The van der Waals surface area contributed by atoms with Gasteiger partial charge in [-0.05, 0) is 36.2 Å². The Hall–Kier alpha value is -2.87. The van der Waals surface area contributed by atoms with Gasteiger partial charge in [0.25, 0.3) is 0 Å². The van der Waals surface area contributed by atoms with Gasteiger partial charge in [-0.25, -0.2) is 4.79 Å². The highest BCUT2D eigenvalue weighted by Crippen LogP contribution is 2.34. The van der Waals surface area contributed by atoms with Crippen LogP contribution in [0, 0.1) is 0 Å². The maximum absolute atomic E-state index is 12.7. The van der Waals surface area contributed by atoms with Crippen molar-refractivity contribution in [3.8, 4) is 11.5 Å². The minimum Gasteiger partial charge on any atom is -0.481 e. The summed E-state index contributed by atoms with van der Waals surface area (Å²) in [5, 5.41) is 15.2. The van der Waals surface area contributed by atoms with E-state index >= 15 is 0 Å². The van der Waals surface area contributed by atoms with Crippen LogP contribution >= 0.6 is 11.8 Å². The molecule has 7 nitrogen and oxygen atoms in total. The van der Waals surface area contributed by atoms with E-state index in [0.29, 0.717) is 17.1 Å². The Morgan fingerprint density at radius 2 is 1.87 bits per heavy atom. The van der Waals surface area contributed by atoms with Crippen molar-refractivity contribution in [2.24, 2.45) is 0 Å². The number of hydrogen-bond acceptors (Lipinski definition) is 5. The number of aliphatic carboxylic acids is 1. The van der Waals surface area contributed by atoms with Gasteiger partial charge in [0, 0.05) is 16.7 Å². The van der Waals surface area contributed by atoms with Crippen molar-refractivity contribution in [3.63, 3.8) is 0 Å². The Kier molecular flexibility index (Phi) is 8.46. The van der Waals surface area contributed by atoms with Gasteiger partial charge in [0.1, 0.15) is 0 Å². The first-order chi connectivity index (χ1) is 15.0.